The number of carboxylic acids is 1. The van der Waals surface area contributed by atoms with Crippen LogP contribution in [0.1, 0.15) is 76.4 Å². The number of anilines is 1. The maximum atomic E-state index is 14.0. The average molecular weight is 578 g/mol. The van der Waals surface area contributed by atoms with Gasteiger partial charge in [0.2, 0.25) is 5.91 Å². The Hall–Kier alpha value is -2.36. The van der Waals surface area contributed by atoms with Gasteiger partial charge in [-0.2, -0.15) is 13.8 Å². The number of benzene rings is 1. The highest BCUT2D eigenvalue weighted by molar-refractivity contribution is 9.10. The minimum Gasteiger partial charge on any atom is -0.481 e. The quantitative estimate of drug-likeness (QED) is 0.429. The van der Waals surface area contributed by atoms with Gasteiger partial charge in [0.25, 0.3) is 5.89 Å². The van der Waals surface area contributed by atoms with Crippen molar-refractivity contribution in [3.63, 3.8) is 0 Å². The van der Waals surface area contributed by atoms with Gasteiger partial charge in [0, 0.05) is 35.0 Å². The highest BCUT2D eigenvalue weighted by Gasteiger charge is 2.63. The van der Waals surface area contributed by atoms with Crippen molar-refractivity contribution in [2.45, 2.75) is 76.0 Å². The van der Waals surface area contributed by atoms with Crippen LogP contribution < -0.4 is 4.90 Å². The molecule has 1 aromatic carbocycles. The Morgan fingerprint density at radius 3 is 2.38 bits per heavy atom. The lowest BCUT2D eigenvalue weighted by molar-refractivity contribution is -0.153. The van der Waals surface area contributed by atoms with Crippen LogP contribution in [-0.2, 0) is 20.9 Å². The van der Waals surface area contributed by atoms with Crippen molar-refractivity contribution in [1.29, 1.82) is 0 Å². The van der Waals surface area contributed by atoms with Crippen LogP contribution >= 0.6 is 15.9 Å². The molecule has 1 atom stereocenters. The van der Waals surface area contributed by atoms with Gasteiger partial charge in [-0.15, -0.1) is 0 Å². The minimum absolute atomic E-state index is 0.0218. The number of carbonyl (C=O) groups is 2. The molecule has 0 aliphatic heterocycles. The zero-order valence-electron chi connectivity index (χ0n) is 20.7. The lowest BCUT2D eigenvalue weighted by Crippen LogP contribution is -2.52. The highest BCUT2D eigenvalue weighted by Crippen LogP contribution is 2.63. The number of hydrogen-bond donors (Lipinski definition) is 1. The first-order chi connectivity index (χ1) is 17.4. The van der Waals surface area contributed by atoms with E-state index >= 15 is 0 Å². The molecule has 7 nitrogen and oxygen atoms in total. The van der Waals surface area contributed by atoms with Crippen LogP contribution in [0.25, 0.3) is 0 Å². The maximum absolute atomic E-state index is 14.0. The van der Waals surface area contributed by atoms with E-state index in [0.717, 1.165) is 55.6 Å². The summed E-state index contributed by atoms with van der Waals surface area (Å²) in [4.78, 5) is 31.8. The molecule has 1 heterocycles. The van der Waals surface area contributed by atoms with E-state index in [9.17, 15) is 23.5 Å². The monoisotopic (exact) mass is 577 g/mol. The number of rotatable bonds is 7. The third-order valence-corrected chi connectivity index (χ3v) is 10.3. The summed E-state index contributed by atoms with van der Waals surface area (Å²) < 4.78 is 33.2. The van der Waals surface area contributed by atoms with Gasteiger partial charge in [-0.05, 0) is 87.3 Å². The van der Waals surface area contributed by atoms with E-state index in [1.165, 1.54) is 0 Å². The molecule has 37 heavy (non-hydrogen) atoms. The van der Waals surface area contributed by atoms with Crippen LogP contribution in [0.3, 0.4) is 0 Å². The van der Waals surface area contributed by atoms with Gasteiger partial charge in [-0.25, -0.2) is 0 Å². The molecule has 2 aromatic rings. The summed E-state index contributed by atoms with van der Waals surface area (Å²) in [7, 11) is 0. The molecular weight excluding hydrogens is 548 g/mol. The molecule has 8 rings (SSSR count). The first-order valence-electron chi connectivity index (χ1n) is 13.0. The van der Waals surface area contributed by atoms with E-state index in [1.807, 2.05) is 29.2 Å². The molecule has 0 unspecified atom stereocenters. The van der Waals surface area contributed by atoms with Gasteiger partial charge in [-0.3, -0.25) is 9.59 Å². The number of halogens is 3. The molecule has 4 bridgehead atoms. The smallest absolute Gasteiger partial charge is 0.322 e. The molecule has 1 aromatic heterocycles. The zero-order valence-corrected chi connectivity index (χ0v) is 22.3. The molecule has 6 aliphatic rings. The first kappa shape index (κ1) is 24.9. The van der Waals surface area contributed by atoms with Crippen LogP contribution in [0.5, 0.6) is 0 Å². The van der Waals surface area contributed by atoms with Crippen LogP contribution in [0.15, 0.2) is 33.3 Å². The average Bonchev–Trinajstić information content (AvgIpc) is 3.57. The van der Waals surface area contributed by atoms with Gasteiger partial charge in [-0.1, -0.05) is 27.2 Å². The summed E-state index contributed by atoms with van der Waals surface area (Å²) >= 11 is 3.53. The Morgan fingerprint density at radius 2 is 1.84 bits per heavy atom. The minimum atomic E-state index is -3.17. The van der Waals surface area contributed by atoms with Crippen LogP contribution in [0, 0.1) is 22.7 Å². The van der Waals surface area contributed by atoms with Gasteiger partial charge >= 0.3 is 11.9 Å². The van der Waals surface area contributed by atoms with Gasteiger partial charge in [0.05, 0.1) is 5.41 Å². The summed E-state index contributed by atoms with van der Waals surface area (Å²) in [6.07, 6.45) is 6.37. The Kier molecular flexibility index (Phi) is 5.61. The van der Waals surface area contributed by atoms with Crippen LogP contribution in [0.4, 0.5) is 14.5 Å². The standard InChI is InChI=1S/C27H30BrF2N3O4/c1-24(29,30)22-31-21(32-37-22)26-8-5-25(6-9-26,7-10-26)15-33(18-4-2-3-17(28)11-18)20(34)19-14-27(23(35)36)12-16(19)13-27/h2-4,11,16,19H,5-10,12-15H2,1H3,(H,35,36)/t16?,19-,25?,26?,27?/m0/s1. The Bertz CT molecular complexity index is 1230. The van der Waals surface area contributed by atoms with E-state index in [1.54, 1.807) is 0 Å². The zero-order chi connectivity index (χ0) is 26.2. The third kappa shape index (κ3) is 4.01. The fraction of sp³-hybridized carbons (Fsp3) is 0.630. The molecular formula is C27H30BrF2N3O4. The number of fused-ring (bicyclic) bond motifs is 4. The number of carbonyl (C=O) groups excluding carboxylic acids is 1. The Labute approximate surface area is 222 Å². The van der Waals surface area contributed by atoms with Gasteiger partial charge in [0.1, 0.15) is 0 Å². The second-order valence-corrected chi connectivity index (χ2v) is 13.0. The summed E-state index contributed by atoms with van der Waals surface area (Å²) in [5.41, 5.74) is -0.370. The predicted octanol–water partition coefficient (Wildman–Crippen LogP) is 6.07. The van der Waals surface area contributed by atoms with E-state index in [2.05, 4.69) is 26.1 Å². The number of carboxylic acid groups (broad SMARTS) is 1. The Balaban J connectivity index is 1.23. The maximum Gasteiger partial charge on any atom is 0.322 e. The van der Waals surface area contributed by atoms with E-state index in [0.29, 0.717) is 31.6 Å². The predicted molar refractivity (Wildman–Crippen MR) is 133 cm³/mol. The molecule has 6 aliphatic carbocycles. The van der Waals surface area contributed by atoms with E-state index in [4.69, 9.17) is 4.52 Å². The number of amides is 1. The molecule has 198 valence electrons. The molecule has 0 saturated heterocycles. The number of nitrogens with zero attached hydrogens (tertiary/aromatic N) is 3. The van der Waals surface area contributed by atoms with Crippen molar-refractivity contribution >= 4 is 33.5 Å². The van der Waals surface area contributed by atoms with Crippen molar-refractivity contribution in [2.75, 3.05) is 11.4 Å². The van der Waals surface area contributed by atoms with Gasteiger partial charge in [0.15, 0.2) is 5.82 Å². The topological polar surface area (TPSA) is 96.5 Å². The normalized spacial score (nSPS) is 34.3. The van der Waals surface area contributed by atoms with Crippen molar-refractivity contribution in [2.24, 2.45) is 22.7 Å². The largest absolute Gasteiger partial charge is 0.481 e. The van der Waals surface area contributed by atoms with E-state index in [-0.39, 0.29) is 28.6 Å². The fourth-order valence-electron chi connectivity index (χ4n) is 7.46. The summed E-state index contributed by atoms with van der Waals surface area (Å²) in [6.45, 7) is 1.32. The summed E-state index contributed by atoms with van der Waals surface area (Å²) in [5.74, 6) is -4.33. The third-order valence-electron chi connectivity index (χ3n) is 9.81. The summed E-state index contributed by atoms with van der Waals surface area (Å²) in [6, 6.07) is 7.72. The SMILES string of the molecule is CC(F)(F)c1nc(C23CCC(CN(C(=O)[C@H]4CC5(C(=O)O)CC4C5)c4cccc(Br)c4)(CC2)CC3)no1. The Morgan fingerprint density at radius 1 is 1.16 bits per heavy atom. The molecule has 6 saturated carbocycles. The molecule has 0 spiro atoms. The number of hydrogen-bond acceptors (Lipinski definition) is 5. The van der Waals surface area contributed by atoms with Crippen molar-refractivity contribution in [3.8, 4) is 0 Å². The van der Waals surface area contributed by atoms with E-state index < -0.39 is 23.2 Å². The number of alkyl halides is 2. The van der Waals surface area contributed by atoms with Crippen molar-refractivity contribution < 1.29 is 28.0 Å². The van der Waals surface area contributed by atoms with Crippen molar-refractivity contribution in [3.05, 3.63) is 40.5 Å². The molecule has 0 radical (unpaired) electrons. The second kappa shape index (κ2) is 8.32. The van der Waals surface area contributed by atoms with Crippen LogP contribution in [0.2, 0.25) is 0 Å². The van der Waals surface area contributed by atoms with Crippen LogP contribution in [-0.4, -0.2) is 33.7 Å². The van der Waals surface area contributed by atoms with Crippen molar-refractivity contribution in [1.82, 2.24) is 10.1 Å². The first-order valence-corrected chi connectivity index (χ1v) is 13.8. The lowest BCUT2D eigenvalue weighted by atomic mass is 9.53. The fourth-order valence-corrected chi connectivity index (χ4v) is 7.85. The molecule has 1 N–H and O–H groups in total. The summed E-state index contributed by atoms with van der Waals surface area (Å²) in [5, 5.41) is 13.7. The molecule has 10 heteroatoms. The van der Waals surface area contributed by atoms with Gasteiger partial charge < -0.3 is 14.5 Å². The number of aliphatic carboxylic acids is 1. The highest BCUT2D eigenvalue weighted by atomic mass is 79.9. The lowest BCUT2D eigenvalue weighted by Gasteiger charge is -2.53. The molecule has 6 fully saturated rings. The second-order valence-electron chi connectivity index (χ2n) is 12.1. The number of aromatic nitrogens is 2. The molecule has 1 amide bonds.